The van der Waals surface area contributed by atoms with E-state index in [2.05, 4.69) is 0 Å². The summed E-state index contributed by atoms with van der Waals surface area (Å²) >= 11 is 0. The first-order valence-electron chi connectivity index (χ1n) is 9.19. The Bertz CT molecular complexity index is 1180. The number of carbonyl (C=O) groups excluding carboxylic acids is 1. The maximum atomic E-state index is 13.5. The number of ether oxygens (including phenoxy) is 1. The van der Waals surface area contributed by atoms with E-state index in [0.29, 0.717) is 17.8 Å². The monoisotopic (exact) mass is 398 g/mol. The van der Waals surface area contributed by atoms with E-state index >= 15 is 0 Å². The molecule has 28 heavy (non-hydrogen) atoms. The highest BCUT2D eigenvalue weighted by Crippen LogP contribution is 2.36. The number of hydrogen-bond donors (Lipinski definition) is 0. The molecule has 0 radical (unpaired) electrons. The van der Waals surface area contributed by atoms with Gasteiger partial charge in [0.05, 0.1) is 35.8 Å². The van der Waals surface area contributed by atoms with Crippen LogP contribution in [0.3, 0.4) is 0 Å². The SMILES string of the molecule is CCOC(=O)N1Cc2c(n(S(=O)(=O)c3ccc(C)cc3)c3ccc(C)cc23)C1. The summed E-state index contributed by atoms with van der Waals surface area (Å²) in [5, 5.41) is 0.859. The van der Waals surface area contributed by atoms with Crippen LogP contribution in [0.15, 0.2) is 47.4 Å². The molecule has 2 heterocycles. The van der Waals surface area contributed by atoms with Gasteiger partial charge in [-0.05, 0) is 45.0 Å². The van der Waals surface area contributed by atoms with Crippen molar-refractivity contribution in [3.63, 3.8) is 0 Å². The first-order valence-corrected chi connectivity index (χ1v) is 10.6. The average Bonchev–Trinajstić information content (AvgIpc) is 3.19. The summed E-state index contributed by atoms with van der Waals surface area (Å²) in [5.41, 5.74) is 4.15. The van der Waals surface area contributed by atoms with Crippen molar-refractivity contribution in [3.8, 4) is 0 Å². The van der Waals surface area contributed by atoms with Crippen molar-refractivity contribution in [2.75, 3.05) is 6.61 Å². The van der Waals surface area contributed by atoms with Crippen LogP contribution in [-0.2, 0) is 27.8 Å². The Hall–Kier alpha value is -2.80. The lowest BCUT2D eigenvalue weighted by atomic mass is 10.1. The molecule has 0 spiro atoms. The highest BCUT2D eigenvalue weighted by Gasteiger charge is 2.34. The van der Waals surface area contributed by atoms with Crippen LogP contribution >= 0.6 is 0 Å². The normalized spacial score (nSPS) is 13.8. The molecule has 3 aromatic rings. The van der Waals surface area contributed by atoms with E-state index in [1.807, 2.05) is 32.0 Å². The molecule has 1 aliphatic rings. The van der Waals surface area contributed by atoms with Crippen LogP contribution in [0, 0.1) is 13.8 Å². The van der Waals surface area contributed by atoms with Crippen molar-refractivity contribution in [1.82, 2.24) is 8.87 Å². The maximum absolute atomic E-state index is 13.5. The molecule has 0 fully saturated rings. The van der Waals surface area contributed by atoms with Gasteiger partial charge in [0.15, 0.2) is 0 Å². The molecule has 1 aliphatic heterocycles. The number of nitrogens with zero attached hydrogens (tertiary/aromatic N) is 2. The molecular formula is C21H22N2O4S. The highest BCUT2D eigenvalue weighted by atomic mass is 32.2. The van der Waals surface area contributed by atoms with Crippen LogP contribution in [0.4, 0.5) is 4.79 Å². The lowest BCUT2D eigenvalue weighted by Gasteiger charge is -2.17. The molecule has 0 atom stereocenters. The van der Waals surface area contributed by atoms with Gasteiger partial charge in [0.1, 0.15) is 0 Å². The van der Waals surface area contributed by atoms with E-state index in [1.165, 1.54) is 8.87 Å². The molecule has 0 saturated heterocycles. The van der Waals surface area contributed by atoms with Crippen LogP contribution in [0.5, 0.6) is 0 Å². The van der Waals surface area contributed by atoms with Crippen molar-refractivity contribution in [2.24, 2.45) is 0 Å². The molecule has 6 nitrogen and oxygen atoms in total. The van der Waals surface area contributed by atoms with Crippen molar-refractivity contribution >= 4 is 27.0 Å². The lowest BCUT2D eigenvalue weighted by Crippen LogP contribution is -2.27. The number of hydrogen-bond acceptors (Lipinski definition) is 4. The van der Waals surface area contributed by atoms with Crippen LogP contribution in [-0.4, -0.2) is 30.0 Å². The fourth-order valence-corrected chi connectivity index (χ4v) is 5.26. The zero-order chi connectivity index (χ0) is 20.1. The minimum Gasteiger partial charge on any atom is -0.450 e. The zero-order valence-electron chi connectivity index (χ0n) is 16.1. The van der Waals surface area contributed by atoms with Gasteiger partial charge in [-0.1, -0.05) is 29.3 Å². The van der Waals surface area contributed by atoms with E-state index in [0.717, 1.165) is 22.1 Å². The molecule has 7 heteroatoms. The largest absolute Gasteiger partial charge is 0.450 e. The minimum atomic E-state index is -3.80. The van der Waals surface area contributed by atoms with Crippen LogP contribution < -0.4 is 0 Å². The number of benzene rings is 2. The van der Waals surface area contributed by atoms with Crippen molar-refractivity contribution in [2.45, 2.75) is 38.8 Å². The third-order valence-corrected chi connectivity index (χ3v) is 6.83. The molecule has 0 saturated carbocycles. The number of rotatable bonds is 3. The molecule has 146 valence electrons. The summed E-state index contributed by atoms with van der Waals surface area (Å²) in [6.07, 6.45) is -0.432. The number of carbonyl (C=O) groups is 1. The molecule has 1 amide bonds. The van der Waals surface area contributed by atoms with Gasteiger partial charge in [-0.3, -0.25) is 4.90 Å². The van der Waals surface area contributed by atoms with Gasteiger partial charge >= 0.3 is 6.09 Å². The Balaban J connectivity index is 1.91. The minimum absolute atomic E-state index is 0.201. The molecule has 1 aromatic heterocycles. The molecule has 0 aliphatic carbocycles. The Kier molecular flexibility index (Phi) is 4.42. The van der Waals surface area contributed by atoms with Gasteiger partial charge in [0.2, 0.25) is 0 Å². The Labute approximate surface area is 164 Å². The fourth-order valence-electron chi connectivity index (χ4n) is 3.69. The van der Waals surface area contributed by atoms with Crippen molar-refractivity contribution in [1.29, 1.82) is 0 Å². The van der Waals surface area contributed by atoms with E-state index < -0.39 is 16.1 Å². The van der Waals surface area contributed by atoms with Crippen molar-refractivity contribution in [3.05, 3.63) is 64.8 Å². The summed E-state index contributed by atoms with van der Waals surface area (Å²) in [6, 6.07) is 12.5. The fraction of sp³-hybridized carbons (Fsp3) is 0.286. The second-order valence-electron chi connectivity index (χ2n) is 7.08. The molecule has 2 aromatic carbocycles. The molecule has 0 N–H and O–H groups in total. The molecule has 0 bridgehead atoms. The highest BCUT2D eigenvalue weighted by molar-refractivity contribution is 7.90. The van der Waals surface area contributed by atoms with Gasteiger partial charge in [-0.15, -0.1) is 0 Å². The van der Waals surface area contributed by atoms with E-state index in [9.17, 15) is 13.2 Å². The quantitative estimate of drug-likeness (QED) is 0.670. The lowest BCUT2D eigenvalue weighted by molar-refractivity contribution is 0.106. The van der Waals surface area contributed by atoms with Crippen LogP contribution in [0.2, 0.25) is 0 Å². The second kappa shape index (κ2) is 6.67. The molecule has 0 unspecified atom stereocenters. The topological polar surface area (TPSA) is 68.6 Å². The number of aryl methyl sites for hydroxylation is 2. The first-order chi connectivity index (χ1) is 13.3. The van der Waals surface area contributed by atoms with Crippen LogP contribution in [0.1, 0.15) is 29.3 Å². The van der Waals surface area contributed by atoms with Gasteiger partial charge < -0.3 is 4.74 Å². The Morgan fingerprint density at radius 2 is 1.71 bits per heavy atom. The smallest absolute Gasteiger partial charge is 0.410 e. The third kappa shape index (κ3) is 2.86. The van der Waals surface area contributed by atoms with Gasteiger partial charge in [0, 0.05) is 10.9 Å². The van der Waals surface area contributed by atoms with E-state index in [1.54, 1.807) is 31.2 Å². The number of amides is 1. The Morgan fingerprint density at radius 3 is 2.39 bits per heavy atom. The summed E-state index contributed by atoms with van der Waals surface area (Å²) in [4.78, 5) is 14.0. The predicted molar refractivity (Wildman–Crippen MR) is 107 cm³/mol. The first kappa shape index (κ1) is 18.6. The summed E-state index contributed by atoms with van der Waals surface area (Å²) in [5.74, 6) is 0. The maximum Gasteiger partial charge on any atom is 0.410 e. The van der Waals surface area contributed by atoms with E-state index in [4.69, 9.17) is 4.74 Å². The average molecular weight is 398 g/mol. The molecule has 4 rings (SSSR count). The number of fused-ring (bicyclic) bond motifs is 3. The van der Waals surface area contributed by atoms with Gasteiger partial charge in [0.25, 0.3) is 10.0 Å². The predicted octanol–water partition coefficient (Wildman–Crippen LogP) is 3.97. The number of aromatic nitrogens is 1. The Morgan fingerprint density at radius 1 is 1.04 bits per heavy atom. The standard InChI is InChI=1S/C21H22N2O4S/c1-4-27-21(24)22-12-18-17-11-15(3)7-10-19(17)23(20(18)13-22)28(25,26)16-8-5-14(2)6-9-16/h5-11H,4,12-13H2,1-3H3. The third-order valence-electron chi connectivity index (χ3n) is 5.06. The van der Waals surface area contributed by atoms with Gasteiger partial charge in [-0.25, -0.2) is 17.2 Å². The van der Waals surface area contributed by atoms with E-state index in [-0.39, 0.29) is 18.0 Å². The molecular weight excluding hydrogens is 376 g/mol. The second-order valence-corrected chi connectivity index (χ2v) is 8.87. The van der Waals surface area contributed by atoms with Gasteiger partial charge in [-0.2, -0.15) is 0 Å². The van der Waals surface area contributed by atoms with Crippen LogP contribution in [0.25, 0.3) is 10.9 Å². The van der Waals surface area contributed by atoms with Crippen molar-refractivity contribution < 1.29 is 17.9 Å². The summed E-state index contributed by atoms with van der Waals surface area (Å²) in [7, 11) is -3.80. The summed E-state index contributed by atoms with van der Waals surface area (Å²) in [6.45, 7) is 6.45. The zero-order valence-corrected chi connectivity index (χ0v) is 16.9. The summed E-state index contributed by atoms with van der Waals surface area (Å²) < 4.78 is 33.5.